The van der Waals surface area contributed by atoms with Crippen LogP contribution in [0.4, 0.5) is 10.6 Å². The molecule has 8 nitrogen and oxygen atoms in total. The van der Waals surface area contributed by atoms with Crippen molar-refractivity contribution in [1.29, 1.82) is 0 Å². The summed E-state index contributed by atoms with van der Waals surface area (Å²) in [5, 5.41) is 5.57. The summed E-state index contributed by atoms with van der Waals surface area (Å²) in [7, 11) is 0. The van der Waals surface area contributed by atoms with Crippen LogP contribution in [-0.2, 0) is 15.1 Å². The molecule has 8 heteroatoms. The number of ether oxygens (including phenoxy) is 1. The van der Waals surface area contributed by atoms with E-state index in [2.05, 4.69) is 34.4 Å². The van der Waals surface area contributed by atoms with Crippen LogP contribution < -0.4 is 10.6 Å². The fourth-order valence-electron chi connectivity index (χ4n) is 3.63. The van der Waals surface area contributed by atoms with E-state index in [9.17, 15) is 9.59 Å². The number of alkyl carbamates (subject to hydrolysis) is 1. The molecule has 0 spiro atoms. The van der Waals surface area contributed by atoms with Gasteiger partial charge < -0.3 is 24.8 Å². The Kier molecular flexibility index (Phi) is 7.91. The molecule has 170 valence electrons. The van der Waals surface area contributed by atoms with Gasteiger partial charge in [-0.25, -0.2) is 9.78 Å². The van der Waals surface area contributed by atoms with Crippen molar-refractivity contribution < 1.29 is 14.3 Å². The van der Waals surface area contributed by atoms with E-state index in [0.29, 0.717) is 5.82 Å². The first kappa shape index (κ1) is 24.2. The number of anilines is 1. The number of carbonyl (C=O) groups is 2. The highest BCUT2D eigenvalue weighted by Gasteiger charge is 2.30. The lowest BCUT2D eigenvalue weighted by molar-refractivity contribution is -0.119. The SMILES string of the molecule is CC[C@@H](C)[C@H](NC(=O)OC(C)(C)C)C(=O)Nc1cn(C(C)(C)CN2CCCC2)cn1. The first-order valence-electron chi connectivity index (χ1n) is 11.0. The van der Waals surface area contributed by atoms with Crippen LogP contribution in [0.1, 0.15) is 67.7 Å². The van der Waals surface area contributed by atoms with Gasteiger partial charge >= 0.3 is 6.09 Å². The molecule has 2 rings (SSSR count). The smallest absolute Gasteiger partial charge is 0.408 e. The molecule has 1 aromatic heterocycles. The van der Waals surface area contributed by atoms with Crippen LogP contribution in [0, 0.1) is 5.92 Å². The minimum absolute atomic E-state index is 0.0498. The molecule has 1 aliphatic heterocycles. The van der Waals surface area contributed by atoms with Crippen molar-refractivity contribution in [3.63, 3.8) is 0 Å². The Balaban J connectivity index is 2.03. The molecule has 2 amide bonds. The van der Waals surface area contributed by atoms with Crippen LogP contribution in [0.5, 0.6) is 0 Å². The summed E-state index contributed by atoms with van der Waals surface area (Å²) in [4.78, 5) is 32.0. The second-order valence-electron chi connectivity index (χ2n) is 9.96. The van der Waals surface area contributed by atoms with Crippen molar-refractivity contribution in [3.05, 3.63) is 12.5 Å². The summed E-state index contributed by atoms with van der Waals surface area (Å²) in [6.07, 6.45) is 6.26. The molecule has 0 aliphatic carbocycles. The highest BCUT2D eigenvalue weighted by atomic mass is 16.6. The van der Waals surface area contributed by atoms with Gasteiger partial charge in [0.2, 0.25) is 5.91 Å². The fraction of sp³-hybridized carbons (Fsp3) is 0.773. The van der Waals surface area contributed by atoms with Crippen LogP contribution in [0.15, 0.2) is 12.5 Å². The van der Waals surface area contributed by atoms with E-state index in [1.807, 2.05) is 24.6 Å². The zero-order valence-corrected chi connectivity index (χ0v) is 19.6. The average Bonchev–Trinajstić information content (AvgIpc) is 3.29. The molecular weight excluding hydrogens is 382 g/mol. The van der Waals surface area contributed by atoms with Crippen molar-refractivity contribution in [3.8, 4) is 0 Å². The maximum atomic E-state index is 12.9. The Bertz CT molecular complexity index is 717. The highest BCUT2D eigenvalue weighted by Crippen LogP contribution is 2.22. The van der Waals surface area contributed by atoms with E-state index in [1.54, 1.807) is 27.1 Å². The summed E-state index contributed by atoms with van der Waals surface area (Å²) in [6.45, 7) is 16.8. The minimum Gasteiger partial charge on any atom is -0.444 e. The standard InChI is InChI=1S/C22H39N5O3/c1-8-16(2)18(25-20(29)30-21(3,4)5)19(28)24-17-13-27(15-23-17)22(6,7)14-26-11-9-10-12-26/h13,15-16,18H,8-12,14H2,1-7H3,(H,24,28)(H,25,29)/t16-,18+/m1/s1. The molecule has 0 unspecified atom stereocenters. The molecule has 2 N–H and O–H groups in total. The summed E-state index contributed by atoms with van der Waals surface area (Å²) in [5.74, 6) is 0.137. The number of hydrogen-bond acceptors (Lipinski definition) is 5. The van der Waals surface area contributed by atoms with Crippen molar-refractivity contribution in [2.75, 3.05) is 25.0 Å². The predicted molar refractivity (Wildman–Crippen MR) is 118 cm³/mol. The number of aromatic nitrogens is 2. The number of hydrogen-bond donors (Lipinski definition) is 2. The molecule has 1 saturated heterocycles. The third-order valence-corrected chi connectivity index (χ3v) is 5.51. The van der Waals surface area contributed by atoms with E-state index >= 15 is 0 Å². The first-order valence-corrected chi connectivity index (χ1v) is 11.0. The molecule has 2 atom stereocenters. The molecule has 30 heavy (non-hydrogen) atoms. The maximum Gasteiger partial charge on any atom is 0.408 e. The highest BCUT2D eigenvalue weighted by molar-refractivity contribution is 5.96. The molecule has 0 saturated carbocycles. The van der Waals surface area contributed by atoms with Gasteiger partial charge in [-0.05, 0) is 66.5 Å². The predicted octanol–water partition coefficient (Wildman–Crippen LogP) is 3.59. The van der Waals surface area contributed by atoms with Crippen LogP contribution in [0.25, 0.3) is 0 Å². The van der Waals surface area contributed by atoms with Crippen molar-refractivity contribution in [2.24, 2.45) is 5.92 Å². The normalized spacial score (nSPS) is 17.4. The Morgan fingerprint density at radius 3 is 2.40 bits per heavy atom. The van der Waals surface area contributed by atoms with E-state index < -0.39 is 17.7 Å². The van der Waals surface area contributed by atoms with E-state index in [4.69, 9.17) is 4.74 Å². The monoisotopic (exact) mass is 421 g/mol. The van der Waals surface area contributed by atoms with Crippen LogP contribution in [0.2, 0.25) is 0 Å². The molecular formula is C22H39N5O3. The maximum absolute atomic E-state index is 12.9. The number of amides is 2. The lowest BCUT2D eigenvalue weighted by Crippen LogP contribution is -2.49. The van der Waals surface area contributed by atoms with Crippen LogP contribution in [0.3, 0.4) is 0 Å². The third-order valence-electron chi connectivity index (χ3n) is 5.51. The molecule has 0 radical (unpaired) electrons. The zero-order chi connectivity index (χ0) is 22.5. The largest absolute Gasteiger partial charge is 0.444 e. The quantitative estimate of drug-likeness (QED) is 0.670. The molecule has 0 bridgehead atoms. The third kappa shape index (κ3) is 7.00. The first-order chi connectivity index (χ1) is 13.9. The van der Waals surface area contributed by atoms with Crippen molar-refractivity contribution in [2.45, 2.75) is 84.9 Å². The Morgan fingerprint density at radius 2 is 1.83 bits per heavy atom. The Morgan fingerprint density at radius 1 is 1.20 bits per heavy atom. The van der Waals surface area contributed by atoms with Gasteiger partial charge in [0.25, 0.3) is 0 Å². The lowest BCUT2D eigenvalue weighted by atomic mass is 9.98. The number of imidazole rings is 1. The molecule has 1 aromatic rings. The summed E-state index contributed by atoms with van der Waals surface area (Å²) < 4.78 is 7.36. The summed E-state index contributed by atoms with van der Waals surface area (Å²) in [6, 6.07) is -0.701. The van der Waals surface area contributed by atoms with Gasteiger partial charge in [0.1, 0.15) is 11.6 Å². The Labute approximate surface area is 180 Å². The van der Waals surface area contributed by atoms with Crippen LogP contribution in [-0.4, -0.2) is 57.7 Å². The lowest BCUT2D eigenvalue weighted by Gasteiger charge is -2.31. The molecule has 1 aliphatic rings. The van der Waals surface area contributed by atoms with Gasteiger partial charge in [-0.15, -0.1) is 0 Å². The number of likely N-dealkylation sites (tertiary alicyclic amines) is 1. The van der Waals surface area contributed by atoms with Crippen molar-refractivity contribution >= 4 is 17.8 Å². The molecule has 0 aromatic carbocycles. The van der Waals surface area contributed by atoms with E-state index in [0.717, 1.165) is 26.1 Å². The van der Waals surface area contributed by atoms with Gasteiger partial charge in [-0.1, -0.05) is 20.3 Å². The fourth-order valence-corrected chi connectivity index (χ4v) is 3.63. The topological polar surface area (TPSA) is 88.5 Å². The molecule has 2 heterocycles. The minimum atomic E-state index is -0.701. The summed E-state index contributed by atoms with van der Waals surface area (Å²) >= 11 is 0. The van der Waals surface area contributed by atoms with Gasteiger partial charge in [0.15, 0.2) is 5.82 Å². The van der Waals surface area contributed by atoms with Gasteiger partial charge in [0, 0.05) is 12.7 Å². The summed E-state index contributed by atoms with van der Waals surface area (Å²) in [5.41, 5.74) is -0.758. The number of rotatable bonds is 8. The van der Waals surface area contributed by atoms with Crippen molar-refractivity contribution in [1.82, 2.24) is 19.8 Å². The molecule has 1 fully saturated rings. The van der Waals surface area contributed by atoms with E-state index in [1.165, 1.54) is 12.8 Å². The number of nitrogens with zero attached hydrogens (tertiary/aromatic N) is 3. The van der Waals surface area contributed by atoms with Crippen LogP contribution >= 0.6 is 0 Å². The Hall–Kier alpha value is -2.09. The van der Waals surface area contributed by atoms with Gasteiger partial charge in [0.05, 0.1) is 11.9 Å². The zero-order valence-electron chi connectivity index (χ0n) is 19.6. The second-order valence-corrected chi connectivity index (χ2v) is 9.96. The average molecular weight is 422 g/mol. The number of nitrogens with one attached hydrogen (secondary N) is 2. The van der Waals surface area contributed by atoms with Gasteiger partial charge in [-0.2, -0.15) is 0 Å². The second kappa shape index (κ2) is 9.81. The van der Waals surface area contributed by atoms with E-state index in [-0.39, 0.29) is 17.4 Å². The van der Waals surface area contributed by atoms with Gasteiger partial charge in [-0.3, -0.25) is 4.79 Å². The number of carbonyl (C=O) groups excluding carboxylic acids is 2.